The van der Waals surface area contributed by atoms with Crippen LogP contribution in [0.3, 0.4) is 0 Å². The van der Waals surface area contributed by atoms with Gasteiger partial charge in [0.05, 0.1) is 12.2 Å². The molecular formula is C17H24N2O3. The fraction of sp³-hybridized carbons (Fsp3) is 0.529. The van der Waals surface area contributed by atoms with Crippen LogP contribution in [0.1, 0.15) is 32.8 Å². The number of allylic oxidation sites excluding steroid dienone is 1. The number of rotatable bonds is 5. The Balaban J connectivity index is 1.85. The molecule has 2 heterocycles. The van der Waals surface area contributed by atoms with E-state index in [1.165, 1.54) is 0 Å². The van der Waals surface area contributed by atoms with Crippen LogP contribution in [-0.2, 0) is 11.2 Å². The van der Waals surface area contributed by atoms with Crippen molar-refractivity contribution in [2.24, 2.45) is 0 Å². The molecule has 22 heavy (non-hydrogen) atoms. The van der Waals surface area contributed by atoms with E-state index in [4.69, 9.17) is 9.47 Å². The van der Waals surface area contributed by atoms with Crippen molar-refractivity contribution in [2.75, 3.05) is 13.2 Å². The van der Waals surface area contributed by atoms with Crippen molar-refractivity contribution >= 4 is 6.09 Å². The van der Waals surface area contributed by atoms with Gasteiger partial charge in [-0.1, -0.05) is 6.08 Å². The van der Waals surface area contributed by atoms with Crippen LogP contribution in [0.15, 0.2) is 31.1 Å². The number of ether oxygens (including phenoxy) is 2. The topological polar surface area (TPSA) is 51.7 Å². The smallest absolute Gasteiger partial charge is 0.410 e. The molecule has 0 saturated carbocycles. The SMILES string of the molecule is C=CCc1cncc(OC[C@@H]2CCN2C(=O)OC(C)(C)C)c1. The number of aromatic nitrogens is 1. The Morgan fingerprint density at radius 2 is 2.27 bits per heavy atom. The van der Waals surface area contributed by atoms with E-state index in [1.807, 2.05) is 32.9 Å². The summed E-state index contributed by atoms with van der Waals surface area (Å²) in [5.74, 6) is 0.718. The van der Waals surface area contributed by atoms with Crippen LogP contribution in [0.4, 0.5) is 4.79 Å². The third-order valence-electron chi connectivity index (χ3n) is 3.36. The molecule has 5 heteroatoms. The van der Waals surface area contributed by atoms with E-state index in [9.17, 15) is 4.79 Å². The summed E-state index contributed by atoms with van der Waals surface area (Å²) < 4.78 is 11.1. The second-order valence-electron chi connectivity index (χ2n) is 6.45. The van der Waals surface area contributed by atoms with Crippen LogP contribution in [0.2, 0.25) is 0 Å². The maximum absolute atomic E-state index is 12.0. The van der Waals surface area contributed by atoms with Gasteiger partial charge < -0.3 is 14.4 Å². The van der Waals surface area contributed by atoms with Gasteiger partial charge in [0.2, 0.25) is 0 Å². The lowest BCUT2D eigenvalue weighted by molar-refractivity contribution is -0.0141. The van der Waals surface area contributed by atoms with Crippen LogP contribution in [0, 0.1) is 0 Å². The van der Waals surface area contributed by atoms with Crippen LogP contribution < -0.4 is 4.74 Å². The van der Waals surface area contributed by atoms with Gasteiger partial charge in [0, 0.05) is 12.7 Å². The Hall–Kier alpha value is -2.04. The number of carbonyl (C=O) groups excluding carboxylic acids is 1. The van der Waals surface area contributed by atoms with Gasteiger partial charge in [-0.3, -0.25) is 4.98 Å². The van der Waals surface area contributed by atoms with E-state index in [1.54, 1.807) is 17.3 Å². The maximum Gasteiger partial charge on any atom is 0.410 e. The number of nitrogens with zero attached hydrogens (tertiary/aromatic N) is 2. The average Bonchev–Trinajstić information content (AvgIpc) is 2.36. The third-order valence-corrected chi connectivity index (χ3v) is 3.36. The minimum absolute atomic E-state index is 0.0675. The number of likely N-dealkylation sites (tertiary alicyclic amines) is 1. The molecule has 0 aliphatic carbocycles. The first-order valence-corrected chi connectivity index (χ1v) is 7.56. The summed E-state index contributed by atoms with van der Waals surface area (Å²) in [6.07, 6.45) is 6.73. The van der Waals surface area contributed by atoms with Crippen molar-refractivity contribution < 1.29 is 14.3 Å². The molecule has 0 bridgehead atoms. The van der Waals surface area contributed by atoms with Gasteiger partial charge in [-0.15, -0.1) is 6.58 Å². The Morgan fingerprint density at radius 1 is 1.50 bits per heavy atom. The van der Waals surface area contributed by atoms with Crippen molar-refractivity contribution in [2.45, 2.75) is 45.3 Å². The molecule has 0 spiro atoms. The fourth-order valence-electron chi connectivity index (χ4n) is 2.19. The Bertz CT molecular complexity index is 537. The van der Waals surface area contributed by atoms with Gasteiger partial charge in [-0.2, -0.15) is 0 Å². The summed E-state index contributed by atoms with van der Waals surface area (Å²) >= 11 is 0. The molecular weight excluding hydrogens is 280 g/mol. The van der Waals surface area contributed by atoms with Crippen molar-refractivity contribution in [3.8, 4) is 5.75 Å². The number of hydrogen-bond acceptors (Lipinski definition) is 4. The summed E-state index contributed by atoms with van der Waals surface area (Å²) in [7, 11) is 0. The van der Waals surface area contributed by atoms with Gasteiger partial charge >= 0.3 is 6.09 Å². The summed E-state index contributed by atoms with van der Waals surface area (Å²) in [6.45, 7) is 10.5. The Labute approximate surface area is 131 Å². The van der Waals surface area contributed by atoms with Crippen molar-refractivity contribution in [1.29, 1.82) is 0 Å². The lowest BCUT2D eigenvalue weighted by Gasteiger charge is -2.40. The van der Waals surface area contributed by atoms with Gasteiger partial charge in [0.25, 0.3) is 0 Å². The molecule has 0 radical (unpaired) electrons. The van der Waals surface area contributed by atoms with Gasteiger partial charge in [-0.25, -0.2) is 4.79 Å². The van der Waals surface area contributed by atoms with Crippen LogP contribution in [0.25, 0.3) is 0 Å². The zero-order chi connectivity index (χ0) is 16.2. The van der Waals surface area contributed by atoms with Crippen molar-refractivity contribution in [3.05, 3.63) is 36.7 Å². The van der Waals surface area contributed by atoms with E-state index < -0.39 is 5.60 Å². The molecule has 120 valence electrons. The standard InChI is InChI=1S/C17H24N2O3/c1-5-6-13-9-15(11-18-10-13)21-12-14-7-8-19(14)16(20)22-17(2,3)4/h5,9-11,14H,1,6-8,12H2,2-4H3/t14-/m0/s1. The third kappa shape index (κ3) is 4.48. The molecule has 0 N–H and O–H groups in total. The van der Waals surface area contributed by atoms with Crippen molar-refractivity contribution in [1.82, 2.24) is 9.88 Å². The second kappa shape index (κ2) is 6.81. The molecule has 5 nitrogen and oxygen atoms in total. The largest absolute Gasteiger partial charge is 0.490 e. The van der Waals surface area contributed by atoms with Crippen molar-refractivity contribution in [3.63, 3.8) is 0 Å². The lowest BCUT2D eigenvalue weighted by Crippen LogP contribution is -2.55. The highest BCUT2D eigenvalue weighted by Crippen LogP contribution is 2.22. The van der Waals surface area contributed by atoms with Gasteiger partial charge in [0.15, 0.2) is 0 Å². The summed E-state index contributed by atoms with van der Waals surface area (Å²) in [6, 6.07) is 2.02. The zero-order valence-electron chi connectivity index (χ0n) is 13.5. The van der Waals surface area contributed by atoms with Gasteiger partial charge in [-0.05, 0) is 45.2 Å². The van der Waals surface area contributed by atoms with Crippen LogP contribution in [-0.4, -0.2) is 40.8 Å². The minimum atomic E-state index is -0.471. The molecule has 1 amide bonds. The molecule has 1 aliphatic heterocycles. The van der Waals surface area contributed by atoms with E-state index in [0.29, 0.717) is 6.61 Å². The quantitative estimate of drug-likeness (QED) is 0.784. The van der Waals surface area contributed by atoms with Crippen LogP contribution >= 0.6 is 0 Å². The first-order valence-electron chi connectivity index (χ1n) is 7.56. The molecule has 1 aromatic rings. The maximum atomic E-state index is 12.0. The predicted molar refractivity (Wildman–Crippen MR) is 85.0 cm³/mol. The summed E-state index contributed by atoms with van der Waals surface area (Å²) in [5.41, 5.74) is 0.589. The predicted octanol–water partition coefficient (Wildman–Crippen LogP) is 3.20. The minimum Gasteiger partial charge on any atom is -0.490 e. The Kier molecular flexibility index (Phi) is 5.06. The van der Waals surface area contributed by atoms with E-state index in [-0.39, 0.29) is 12.1 Å². The number of amides is 1. The highest BCUT2D eigenvalue weighted by atomic mass is 16.6. The molecule has 1 atom stereocenters. The highest BCUT2D eigenvalue weighted by Gasteiger charge is 2.35. The summed E-state index contributed by atoms with van der Waals surface area (Å²) in [4.78, 5) is 17.9. The molecule has 1 fully saturated rings. The summed E-state index contributed by atoms with van der Waals surface area (Å²) in [5, 5.41) is 0. The molecule has 1 saturated heterocycles. The number of pyridine rings is 1. The normalized spacial score (nSPS) is 17.6. The van der Waals surface area contributed by atoms with E-state index >= 15 is 0 Å². The molecule has 2 rings (SSSR count). The fourth-order valence-corrected chi connectivity index (χ4v) is 2.19. The lowest BCUT2D eigenvalue weighted by atomic mass is 10.1. The van der Waals surface area contributed by atoms with Crippen LogP contribution in [0.5, 0.6) is 5.75 Å². The first kappa shape index (κ1) is 16.3. The zero-order valence-corrected chi connectivity index (χ0v) is 13.5. The number of carbonyl (C=O) groups is 1. The van der Waals surface area contributed by atoms with Gasteiger partial charge in [0.1, 0.15) is 18.0 Å². The second-order valence-corrected chi connectivity index (χ2v) is 6.45. The van der Waals surface area contributed by atoms with E-state index in [0.717, 1.165) is 30.7 Å². The number of hydrogen-bond donors (Lipinski definition) is 0. The highest BCUT2D eigenvalue weighted by molar-refractivity contribution is 5.69. The first-order chi connectivity index (χ1) is 10.4. The molecule has 1 aliphatic rings. The van der Waals surface area contributed by atoms with E-state index in [2.05, 4.69) is 11.6 Å². The monoisotopic (exact) mass is 304 g/mol. The average molecular weight is 304 g/mol. The molecule has 0 unspecified atom stereocenters. The Morgan fingerprint density at radius 3 is 2.86 bits per heavy atom. The molecule has 1 aromatic heterocycles. The molecule has 0 aromatic carbocycles.